The van der Waals surface area contributed by atoms with E-state index < -0.39 is 0 Å². The van der Waals surface area contributed by atoms with E-state index in [1.807, 2.05) is 0 Å². The molecule has 19 heavy (non-hydrogen) atoms. The average molecular weight is 259 g/mol. The summed E-state index contributed by atoms with van der Waals surface area (Å²) in [4.78, 5) is 0. The fourth-order valence-corrected chi connectivity index (χ4v) is 3.30. The maximum absolute atomic E-state index is 3.61. The lowest BCUT2D eigenvalue weighted by Crippen LogP contribution is -2.22. The number of hydrogen-bond acceptors (Lipinski definition) is 1. The monoisotopic (exact) mass is 259 g/mol. The Kier molecular flexibility index (Phi) is 6.43. The molecule has 0 aliphatic heterocycles. The van der Waals surface area contributed by atoms with Crippen LogP contribution in [0.15, 0.2) is 30.3 Å². The van der Waals surface area contributed by atoms with Crippen LogP contribution >= 0.6 is 0 Å². The summed E-state index contributed by atoms with van der Waals surface area (Å²) in [6.45, 7) is 4.53. The van der Waals surface area contributed by atoms with Crippen molar-refractivity contribution < 1.29 is 0 Å². The molecule has 1 unspecified atom stereocenters. The molecule has 0 radical (unpaired) electrons. The van der Waals surface area contributed by atoms with E-state index in [2.05, 4.69) is 42.6 Å². The molecule has 0 aromatic heterocycles. The molecular formula is C18H29N. The minimum atomic E-state index is 0.702. The molecule has 0 spiro atoms. The second kappa shape index (κ2) is 8.37. The Morgan fingerprint density at radius 2 is 1.89 bits per heavy atom. The predicted molar refractivity (Wildman–Crippen MR) is 83.5 cm³/mol. The highest BCUT2D eigenvalue weighted by Gasteiger charge is 2.18. The van der Waals surface area contributed by atoms with Crippen LogP contribution in [0.2, 0.25) is 0 Å². The fourth-order valence-electron chi connectivity index (χ4n) is 3.30. The summed E-state index contributed by atoms with van der Waals surface area (Å²) in [5.41, 5.74) is 1.52. The minimum absolute atomic E-state index is 0.702. The smallest absolute Gasteiger partial charge is 0.00201 e. The third-order valence-electron chi connectivity index (χ3n) is 4.49. The predicted octanol–water partition coefficient (Wildman–Crippen LogP) is 4.74. The van der Waals surface area contributed by atoms with Crippen LogP contribution in [0.5, 0.6) is 0 Å². The third-order valence-corrected chi connectivity index (χ3v) is 4.49. The normalized spacial score (nSPS) is 17.7. The fraction of sp³-hybridized carbons (Fsp3) is 0.667. The van der Waals surface area contributed by atoms with Crippen molar-refractivity contribution >= 4 is 0 Å². The summed E-state index contributed by atoms with van der Waals surface area (Å²) in [6, 6.07) is 11.1. The van der Waals surface area contributed by atoms with E-state index in [1.165, 1.54) is 50.5 Å². The molecule has 1 aromatic carbocycles. The Hall–Kier alpha value is -0.820. The van der Waals surface area contributed by atoms with Gasteiger partial charge in [0.2, 0.25) is 0 Å². The SMILES string of the molecule is CCCNCC(CCC1CCCC1)c1ccccc1. The minimum Gasteiger partial charge on any atom is -0.316 e. The van der Waals surface area contributed by atoms with Gasteiger partial charge in [0.05, 0.1) is 0 Å². The van der Waals surface area contributed by atoms with Crippen molar-refractivity contribution in [3.63, 3.8) is 0 Å². The average Bonchev–Trinajstić information content (AvgIpc) is 2.97. The number of rotatable bonds is 8. The Bertz CT molecular complexity index is 327. The summed E-state index contributed by atoms with van der Waals surface area (Å²) in [7, 11) is 0. The van der Waals surface area contributed by atoms with Crippen molar-refractivity contribution in [3.8, 4) is 0 Å². The molecule has 106 valence electrons. The van der Waals surface area contributed by atoms with Gasteiger partial charge in [0.1, 0.15) is 0 Å². The standard InChI is InChI=1S/C18H29N/c1-2-14-19-15-18(17-10-4-3-5-11-17)13-12-16-8-6-7-9-16/h3-5,10-11,16,18-19H,2,6-9,12-15H2,1H3. The quantitative estimate of drug-likeness (QED) is 0.665. The summed E-state index contributed by atoms with van der Waals surface area (Å²) < 4.78 is 0. The molecule has 1 fully saturated rings. The first kappa shape index (κ1) is 14.6. The van der Waals surface area contributed by atoms with Crippen molar-refractivity contribution in [2.45, 2.75) is 57.8 Å². The molecule has 1 N–H and O–H groups in total. The lowest BCUT2D eigenvalue weighted by molar-refractivity contribution is 0.437. The van der Waals surface area contributed by atoms with Crippen molar-refractivity contribution in [3.05, 3.63) is 35.9 Å². The van der Waals surface area contributed by atoms with Gasteiger partial charge in [-0.05, 0) is 43.2 Å². The van der Waals surface area contributed by atoms with Gasteiger partial charge in [-0.2, -0.15) is 0 Å². The maximum atomic E-state index is 3.61. The lowest BCUT2D eigenvalue weighted by Gasteiger charge is -2.20. The molecule has 1 heteroatoms. The summed E-state index contributed by atoms with van der Waals surface area (Å²) in [5.74, 6) is 1.71. The molecule has 2 rings (SSSR count). The Balaban J connectivity index is 1.85. The highest BCUT2D eigenvalue weighted by atomic mass is 14.8. The first-order chi connectivity index (χ1) is 9.40. The molecule has 1 atom stereocenters. The van der Waals surface area contributed by atoms with Gasteiger partial charge in [0, 0.05) is 6.54 Å². The van der Waals surface area contributed by atoms with Crippen LogP contribution in [0.1, 0.15) is 63.4 Å². The molecule has 0 amide bonds. The number of nitrogens with one attached hydrogen (secondary N) is 1. The van der Waals surface area contributed by atoms with Crippen molar-refractivity contribution in [2.75, 3.05) is 13.1 Å². The molecule has 1 aliphatic carbocycles. The molecule has 0 bridgehead atoms. The van der Waals surface area contributed by atoms with E-state index in [0.29, 0.717) is 5.92 Å². The van der Waals surface area contributed by atoms with E-state index in [0.717, 1.165) is 19.0 Å². The van der Waals surface area contributed by atoms with Gasteiger partial charge in [-0.1, -0.05) is 62.9 Å². The Morgan fingerprint density at radius 3 is 2.58 bits per heavy atom. The second-order valence-corrected chi connectivity index (χ2v) is 6.04. The van der Waals surface area contributed by atoms with Gasteiger partial charge in [-0.15, -0.1) is 0 Å². The zero-order valence-electron chi connectivity index (χ0n) is 12.4. The molecule has 1 saturated carbocycles. The first-order valence-electron chi connectivity index (χ1n) is 8.15. The summed E-state index contributed by atoms with van der Waals surface area (Å²) in [6.07, 6.45) is 9.89. The number of hydrogen-bond donors (Lipinski definition) is 1. The van der Waals surface area contributed by atoms with Gasteiger partial charge < -0.3 is 5.32 Å². The highest BCUT2D eigenvalue weighted by molar-refractivity contribution is 5.19. The highest BCUT2D eigenvalue weighted by Crippen LogP contribution is 2.32. The second-order valence-electron chi connectivity index (χ2n) is 6.04. The Morgan fingerprint density at radius 1 is 1.16 bits per heavy atom. The van der Waals surface area contributed by atoms with Gasteiger partial charge in [-0.25, -0.2) is 0 Å². The van der Waals surface area contributed by atoms with Crippen LogP contribution in [0.25, 0.3) is 0 Å². The van der Waals surface area contributed by atoms with E-state index in [9.17, 15) is 0 Å². The van der Waals surface area contributed by atoms with Crippen LogP contribution in [0, 0.1) is 5.92 Å². The van der Waals surface area contributed by atoms with Crippen LogP contribution in [0.3, 0.4) is 0 Å². The van der Waals surface area contributed by atoms with Crippen molar-refractivity contribution in [2.24, 2.45) is 5.92 Å². The topological polar surface area (TPSA) is 12.0 Å². The molecule has 1 aromatic rings. The van der Waals surface area contributed by atoms with Crippen LogP contribution in [0.4, 0.5) is 0 Å². The van der Waals surface area contributed by atoms with Crippen LogP contribution in [-0.2, 0) is 0 Å². The first-order valence-corrected chi connectivity index (χ1v) is 8.15. The van der Waals surface area contributed by atoms with Gasteiger partial charge >= 0.3 is 0 Å². The van der Waals surface area contributed by atoms with Crippen LogP contribution in [-0.4, -0.2) is 13.1 Å². The maximum Gasteiger partial charge on any atom is 0.00201 e. The Labute approximate surface area is 118 Å². The zero-order valence-corrected chi connectivity index (χ0v) is 12.4. The molecule has 0 saturated heterocycles. The third kappa shape index (κ3) is 4.99. The summed E-state index contributed by atoms with van der Waals surface area (Å²) in [5, 5.41) is 3.61. The van der Waals surface area contributed by atoms with E-state index in [1.54, 1.807) is 0 Å². The van der Waals surface area contributed by atoms with Crippen LogP contribution < -0.4 is 5.32 Å². The van der Waals surface area contributed by atoms with E-state index in [4.69, 9.17) is 0 Å². The molecule has 1 nitrogen and oxygen atoms in total. The van der Waals surface area contributed by atoms with E-state index >= 15 is 0 Å². The molecule has 0 heterocycles. The van der Waals surface area contributed by atoms with Gasteiger partial charge in [0.25, 0.3) is 0 Å². The lowest BCUT2D eigenvalue weighted by atomic mass is 9.89. The molecule has 1 aliphatic rings. The van der Waals surface area contributed by atoms with Crippen molar-refractivity contribution in [1.82, 2.24) is 5.32 Å². The molecular weight excluding hydrogens is 230 g/mol. The number of benzene rings is 1. The largest absolute Gasteiger partial charge is 0.316 e. The van der Waals surface area contributed by atoms with Gasteiger partial charge in [0.15, 0.2) is 0 Å². The van der Waals surface area contributed by atoms with E-state index in [-0.39, 0.29) is 0 Å². The summed E-state index contributed by atoms with van der Waals surface area (Å²) >= 11 is 0. The van der Waals surface area contributed by atoms with Gasteiger partial charge in [-0.3, -0.25) is 0 Å². The zero-order chi connectivity index (χ0) is 13.3. The van der Waals surface area contributed by atoms with Crippen molar-refractivity contribution in [1.29, 1.82) is 0 Å².